The molecule has 1 saturated heterocycles. The van der Waals surface area contributed by atoms with Crippen molar-refractivity contribution >= 4 is 0 Å². The van der Waals surface area contributed by atoms with Gasteiger partial charge in [0.2, 0.25) is 0 Å². The number of hydrogen-bond donors (Lipinski definition) is 2. The average Bonchev–Trinajstić information content (AvgIpc) is 2.37. The monoisotopic (exact) mass is 254 g/mol. The van der Waals surface area contributed by atoms with Gasteiger partial charge in [0.05, 0.1) is 0 Å². The van der Waals surface area contributed by atoms with Gasteiger partial charge in [-0.3, -0.25) is 0 Å². The minimum Gasteiger partial charge on any atom is -0.313 e. The fourth-order valence-electron chi connectivity index (χ4n) is 2.44. The van der Waals surface area contributed by atoms with E-state index in [2.05, 4.69) is 10.6 Å². The van der Waals surface area contributed by atoms with Gasteiger partial charge in [0.25, 0.3) is 0 Å². The normalized spacial score (nSPS) is 21.8. The second-order valence-electron chi connectivity index (χ2n) is 4.91. The summed E-state index contributed by atoms with van der Waals surface area (Å²) in [5, 5.41) is 6.61. The van der Waals surface area contributed by atoms with E-state index in [9.17, 15) is 8.78 Å². The van der Waals surface area contributed by atoms with Gasteiger partial charge in [-0.1, -0.05) is 12.5 Å². The van der Waals surface area contributed by atoms with Crippen LogP contribution in [-0.4, -0.2) is 19.1 Å². The molecule has 2 N–H and O–H groups in total. The average molecular weight is 254 g/mol. The smallest absolute Gasteiger partial charge is 0.130 e. The van der Waals surface area contributed by atoms with Crippen molar-refractivity contribution in [2.75, 3.05) is 13.1 Å². The molecule has 0 aliphatic carbocycles. The Balaban J connectivity index is 1.92. The number of hydrogen-bond acceptors (Lipinski definition) is 2. The summed E-state index contributed by atoms with van der Waals surface area (Å²) < 4.78 is 27.1. The molecule has 18 heavy (non-hydrogen) atoms. The Morgan fingerprint density at radius 1 is 1.33 bits per heavy atom. The van der Waals surface area contributed by atoms with Crippen LogP contribution in [-0.2, 0) is 0 Å². The Hall–Kier alpha value is -1.00. The number of rotatable bonds is 4. The van der Waals surface area contributed by atoms with E-state index < -0.39 is 11.6 Å². The first-order valence-corrected chi connectivity index (χ1v) is 6.59. The van der Waals surface area contributed by atoms with E-state index in [0.717, 1.165) is 19.5 Å². The highest BCUT2D eigenvalue weighted by Gasteiger charge is 2.18. The van der Waals surface area contributed by atoms with Crippen LogP contribution in [0.4, 0.5) is 8.78 Å². The quantitative estimate of drug-likeness (QED) is 0.863. The highest BCUT2D eigenvalue weighted by molar-refractivity contribution is 5.22. The van der Waals surface area contributed by atoms with Crippen molar-refractivity contribution in [3.8, 4) is 0 Å². The van der Waals surface area contributed by atoms with Crippen LogP contribution in [0.25, 0.3) is 0 Å². The highest BCUT2D eigenvalue weighted by Crippen LogP contribution is 2.20. The zero-order chi connectivity index (χ0) is 13.0. The SMILES string of the molecule is CC(NCC1CCCCN1)c1c(F)cccc1F. The molecule has 1 aromatic carbocycles. The molecule has 1 fully saturated rings. The van der Waals surface area contributed by atoms with E-state index >= 15 is 0 Å². The first-order chi connectivity index (χ1) is 8.68. The fourth-order valence-corrected chi connectivity index (χ4v) is 2.44. The summed E-state index contributed by atoms with van der Waals surface area (Å²) in [5.74, 6) is -0.960. The van der Waals surface area contributed by atoms with Crippen molar-refractivity contribution in [3.05, 3.63) is 35.4 Å². The predicted molar refractivity (Wildman–Crippen MR) is 68.4 cm³/mol. The Morgan fingerprint density at radius 3 is 2.67 bits per heavy atom. The Kier molecular flexibility index (Phi) is 4.66. The van der Waals surface area contributed by atoms with Gasteiger partial charge in [-0.2, -0.15) is 0 Å². The summed E-state index contributed by atoms with van der Waals surface area (Å²) in [7, 11) is 0. The van der Waals surface area contributed by atoms with Crippen LogP contribution in [0.1, 0.15) is 37.8 Å². The van der Waals surface area contributed by atoms with Crippen molar-refractivity contribution in [1.82, 2.24) is 10.6 Å². The van der Waals surface area contributed by atoms with Crippen molar-refractivity contribution in [1.29, 1.82) is 0 Å². The molecule has 2 atom stereocenters. The van der Waals surface area contributed by atoms with Gasteiger partial charge in [-0.25, -0.2) is 8.78 Å². The third kappa shape index (κ3) is 3.27. The lowest BCUT2D eigenvalue weighted by molar-refractivity contribution is 0.366. The summed E-state index contributed by atoms with van der Waals surface area (Å²) in [6, 6.07) is 4.10. The Morgan fingerprint density at radius 2 is 2.06 bits per heavy atom. The zero-order valence-corrected chi connectivity index (χ0v) is 10.7. The third-order valence-electron chi connectivity index (χ3n) is 3.52. The largest absolute Gasteiger partial charge is 0.313 e. The number of benzene rings is 1. The van der Waals surface area contributed by atoms with Gasteiger partial charge in [0.1, 0.15) is 11.6 Å². The second kappa shape index (κ2) is 6.25. The van der Waals surface area contributed by atoms with Crippen LogP contribution in [0.5, 0.6) is 0 Å². The third-order valence-corrected chi connectivity index (χ3v) is 3.52. The minimum absolute atomic E-state index is 0.133. The molecule has 2 rings (SSSR count). The van der Waals surface area contributed by atoms with Crippen LogP contribution in [0.15, 0.2) is 18.2 Å². The molecule has 0 radical (unpaired) electrons. The van der Waals surface area contributed by atoms with Crippen molar-refractivity contribution in [3.63, 3.8) is 0 Å². The van der Waals surface area contributed by atoms with Crippen LogP contribution >= 0.6 is 0 Å². The molecule has 100 valence electrons. The standard InChI is InChI=1S/C14H20F2N2/c1-10(14-12(15)6-4-7-13(14)16)18-9-11-5-2-3-8-17-11/h4,6-7,10-11,17-18H,2-3,5,8-9H2,1H3. The molecule has 0 aromatic heterocycles. The van der Waals surface area contributed by atoms with E-state index in [1.165, 1.54) is 31.0 Å². The Labute approximate surface area is 107 Å². The molecule has 1 heterocycles. The molecule has 1 aromatic rings. The maximum atomic E-state index is 13.6. The number of halogens is 2. The van der Waals surface area contributed by atoms with E-state index in [1.807, 2.05) is 0 Å². The van der Waals surface area contributed by atoms with E-state index in [1.54, 1.807) is 6.92 Å². The van der Waals surface area contributed by atoms with Gasteiger partial charge < -0.3 is 10.6 Å². The Bertz CT molecular complexity index is 369. The van der Waals surface area contributed by atoms with Gasteiger partial charge in [0.15, 0.2) is 0 Å². The molecule has 1 aliphatic heterocycles. The topological polar surface area (TPSA) is 24.1 Å². The molecule has 0 spiro atoms. The minimum atomic E-state index is -0.480. The number of piperidine rings is 1. The van der Waals surface area contributed by atoms with Crippen LogP contribution in [0.2, 0.25) is 0 Å². The summed E-state index contributed by atoms with van der Waals surface area (Å²) in [6.45, 7) is 3.58. The fraction of sp³-hybridized carbons (Fsp3) is 0.571. The summed E-state index contributed by atoms with van der Waals surface area (Å²) in [6.07, 6.45) is 3.56. The van der Waals surface area contributed by atoms with Crippen molar-refractivity contribution < 1.29 is 8.78 Å². The van der Waals surface area contributed by atoms with Gasteiger partial charge in [-0.15, -0.1) is 0 Å². The molecule has 4 heteroatoms. The van der Waals surface area contributed by atoms with Crippen molar-refractivity contribution in [2.45, 2.75) is 38.3 Å². The summed E-state index contributed by atoms with van der Waals surface area (Å²) in [5.41, 5.74) is 0.133. The van der Waals surface area contributed by atoms with Gasteiger partial charge in [0, 0.05) is 24.2 Å². The molecule has 2 unspecified atom stereocenters. The van der Waals surface area contributed by atoms with Gasteiger partial charge in [-0.05, 0) is 38.4 Å². The van der Waals surface area contributed by atoms with E-state index in [-0.39, 0.29) is 11.6 Å². The molecule has 0 bridgehead atoms. The second-order valence-corrected chi connectivity index (χ2v) is 4.91. The molecule has 1 aliphatic rings. The molecule has 0 saturated carbocycles. The predicted octanol–water partition coefficient (Wildman–Crippen LogP) is 2.76. The summed E-state index contributed by atoms with van der Waals surface area (Å²) >= 11 is 0. The van der Waals surface area contributed by atoms with E-state index in [4.69, 9.17) is 0 Å². The lowest BCUT2D eigenvalue weighted by Gasteiger charge is -2.25. The van der Waals surface area contributed by atoms with Crippen LogP contribution in [0.3, 0.4) is 0 Å². The van der Waals surface area contributed by atoms with Crippen LogP contribution in [0, 0.1) is 11.6 Å². The highest BCUT2D eigenvalue weighted by atomic mass is 19.1. The van der Waals surface area contributed by atoms with E-state index in [0.29, 0.717) is 6.04 Å². The maximum absolute atomic E-state index is 13.6. The molecular weight excluding hydrogens is 234 g/mol. The molecular formula is C14H20F2N2. The van der Waals surface area contributed by atoms with Crippen LogP contribution < -0.4 is 10.6 Å². The first kappa shape index (κ1) is 13.4. The zero-order valence-electron chi connectivity index (χ0n) is 10.7. The number of nitrogens with one attached hydrogen (secondary N) is 2. The first-order valence-electron chi connectivity index (χ1n) is 6.59. The van der Waals surface area contributed by atoms with Gasteiger partial charge >= 0.3 is 0 Å². The molecule has 0 amide bonds. The summed E-state index contributed by atoms with van der Waals surface area (Å²) in [4.78, 5) is 0. The van der Waals surface area contributed by atoms with Crippen molar-refractivity contribution in [2.24, 2.45) is 0 Å². The lowest BCUT2D eigenvalue weighted by Crippen LogP contribution is -2.42. The maximum Gasteiger partial charge on any atom is 0.130 e. The molecule has 2 nitrogen and oxygen atoms in total. The lowest BCUT2D eigenvalue weighted by atomic mass is 10.0.